The van der Waals surface area contributed by atoms with E-state index in [-0.39, 0.29) is 42.9 Å². The molecule has 0 aliphatic carbocycles. The van der Waals surface area contributed by atoms with Gasteiger partial charge in [-0.1, -0.05) is 29.3 Å². The van der Waals surface area contributed by atoms with E-state index in [1.165, 1.54) is 6.20 Å². The van der Waals surface area contributed by atoms with Gasteiger partial charge in [-0.05, 0) is 12.1 Å². The summed E-state index contributed by atoms with van der Waals surface area (Å²) in [5.41, 5.74) is -0.562. The number of nitrogens with zero attached hydrogens (tertiary/aromatic N) is 4. The third kappa shape index (κ3) is 3.99. The van der Waals surface area contributed by atoms with Crippen molar-refractivity contribution in [2.45, 2.75) is 11.6 Å². The Bertz CT molecular complexity index is 1000. The van der Waals surface area contributed by atoms with Crippen LogP contribution in [0.4, 0.5) is 8.78 Å². The van der Waals surface area contributed by atoms with Gasteiger partial charge in [0.2, 0.25) is 10.0 Å². The number of hydrogen-bond donors (Lipinski definition) is 0. The van der Waals surface area contributed by atoms with Crippen molar-refractivity contribution in [2.75, 3.05) is 26.2 Å². The van der Waals surface area contributed by atoms with Crippen LogP contribution in [-0.2, 0) is 16.7 Å². The van der Waals surface area contributed by atoms with Crippen LogP contribution in [0.25, 0.3) is 0 Å². The Kier molecular flexibility index (Phi) is 5.82. The molecule has 2 aromatic rings. The molecule has 0 atom stereocenters. The standard InChI is InChI=1S/C15H14Cl2F2N4O3S/c16-10-8-20-23(15(24)13(10)17)9-21-4-6-22(7-5-21)27(25,26)14-11(18)2-1-3-12(14)19/h1-3,8H,4-7,9H2. The smallest absolute Gasteiger partial charge is 0.282 e. The van der Waals surface area contributed by atoms with Crippen molar-refractivity contribution >= 4 is 33.2 Å². The van der Waals surface area contributed by atoms with E-state index in [1.807, 2.05) is 0 Å². The molecule has 0 saturated carbocycles. The first-order chi connectivity index (χ1) is 12.7. The first-order valence-corrected chi connectivity index (χ1v) is 9.99. The van der Waals surface area contributed by atoms with Crippen molar-refractivity contribution < 1.29 is 17.2 Å². The molecular weight excluding hydrogens is 425 g/mol. The highest BCUT2D eigenvalue weighted by molar-refractivity contribution is 7.89. The fraction of sp³-hybridized carbons (Fsp3) is 0.333. The third-order valence-corrected chi connectivity index (χ3v) is 6.82. The molecule has 1 aromatic carbocycles. The molecule has 1 fully saturated rings. The van der Waals surface area contributed by atoms with Crippen LogP contribution in [0.1, 0.15) is 0 Å². The molecule has 27 heavy (non-hydrogen) atoms. The Morgan fingerprint density at radius 2 is 1.67 bits per heavy atom. The SMILES string of the molecule is O=c1c(Cl)c(Cl)cnn1CN1CCN(S(=O)(=O)c2c(F)cccc2F)CC1. The molecule has 0 N–H and O–H groups in total. The van der Waals surface area contributed by atoms with Crippen LogP contribution in [0.15, 0.2) is 34.1 Å². The minimum absolute atomic E-state index is 0.00613. The first-order valence-electron chi connectivity index (χ1n) is 7.79. The van der Waals surface area contributed by atoms with E-state index in [1.54, 1.807) is 4.90 Å². The highest BCUT2D eigenvalue weighted by Gasteiger charge is 2.33. The molecule has 0 spiro atoms. The average molecular weight is 439 g/mol. The third-order valence-electron chi connectivity index (χ3n) is 4.12. The zero-order valence-corrected chi connectivity index (χ0v) is 16.1. The Hall–Kier alpha value is -1.59. The molecule has 0 amide bonds. The molecule has 3 rings (SSSR count). The number of piperazine rings is 1. The van der Waals surface area contributed by atoms with Crippen LogP contribution >= 0.6 is 23.2 Å². The Labute approximate surface area is 163 Å². The van der Waals surface area contributed by atoms with Crippen LogP contribution in [0.3, 0.4) is 0 Å². The number of benzene rings is 1. The molecule has 0 unspecified atom stereocenters. The second-order valence-corrected chi connectivity index (χ2v) is 8.49. The lowest BCUT2D eigenvalue weighted by Crippen LogP contribution is -2.50. The van der Waals surface area contributed by atoms with Crippen molar-refractivity contribution in [3.05, 3.63) is 56.4 Å². The number of sulfonamides is 1. The molecule has 1 saturated heterocycles. The van der Waals surface area contributed by atoms with Gasteiger partial charge in [-0.15, -0.1) is 0 Å². The maximum atomic E-state index is 13.9. The average Bonchev–Trinajstić information content (AvgIpc) is 2.62. The summed E-state index contributed by atoms with van der Waals surface area (Å²) in [6.45, 7) is 0.573. The van der Waals surface area contributed by atoms with Crippen LogP contribution in [0.5, 0.6) is 0 Å². The summed E-state index contributed by atoms with van der Waals surface area (Å²) in [5.74, 6) is -2.27. The summed E-state index contributed by atoms with van der Waals surface area (Å²) in [7, 11) is -4.31. The van der Waals surface area contributed by atoms with Crippen LogP contribution < -0.4 is 5.56 Å². The van der Waals surface area contributed by atoms with Crippen molar-refractivity contribution in [1.29, 1.82) is 0 Å². The van der Waals surface area contributed by atoms with Gasteiger partial charge >= 0.3 is 0 Å². The van der Waals surface area contributed by atoms with Gasteiger partial charge in [-0.25, -0.2) is 21.9 Å². The molecule has 1 aliphatic heterocycles. The molecule has 2 heterocycles. The lowest BCUT2D eigenvalue weighted by atomic mass is 10.3. The minimum atomic E-state index is -4.31. The van der Waals surface area contributed by atoms with Gasteiger partial charge in [0.05, 0.1) is 17.9 Å². The van der Waals surface area contributed by atoms with Gasteiger partial charge in [0.25, 0.3) is 5.56 Å². The molecule has 1 aromatic heterocycles. The van der Waals surface area contributed by atoms with E-state index in [0.717, 1.165) is 27.2 Å². The predicted molar refractivity (Wildman–Crippen MR) is 95.2 cm³/mol. The maximum absolute atomic E-state index is 13.9. The highest BCUT2D eigenvalue weighted by Crippen LogP contribution is 2.23. The summed E-state index contributed by atoms with van der Waals surface area (Å²) in [4.78, 5) is 12.8. The van der Waals surface area contributed by atoms with Gasteiger partial charge < -0.3 is 0 Å². The van der Waals surface area contributed by atoms with Crippen molar-refractivity contribution in [2.24, 2.45) is 0 Å². The second-order valence-electron chi connectivity index (χ2n) is 5.83. The topological polar surface area (TPSA) is 75.5 Å². The monoisotopic (exact) mass is 438 g/mol. The summed E-state index contributed by atoms with van der Waals surface area (Å²) >= 11 is 11.5. The van der Waals surface area contributed by atoms with Crippen LogP contribution in [-0.4, -0.2) is 53.6 Å². The zero-order chi connectivity index (χ0) is 19.8. The quantitative estimate of drug-likeness (QED) is 0.727. The van der Waals surface area contributed by atoms with E-state index >= 15 is 0 Å². The lowest BCUT2D eigenvalue weighted by Gasteiger charge is -2.33. The van der Waals surface area contributed by atoms with Gasteiger partial charge in [0.15, 0.2) is 4.90 Å². The molecule has 0 bridgehead atoms. The summed E-state index contributed by atoms with van der Waals surface area (Å²) in [6, 6.07) is 2.90. The van der Waals surface area contributed by atoms with Gasteiger partial charge in [-0.3, -0.25) is 9.69 Å². The fourth-order valence-electron chi connectivity index (χ4n) is 2.70. The highest BCUT2D eigenvalue weighted by atomic mass is 35.5. The molecular formula is C15H14Cl2F2N4O3S. The van der Waals surface area contributed by atoms with Crippen molar-refractivity contribution in [3.63, 3.8) is 0 Å². The molecule has 0 radical (unpaired) electrons. The number of hydrogen-bond acceptors (Lipinski definition) is 5. The summed E-state index contributed by atoms with van der Waals surface area (Å²) < 4.78 is 54.9. The van der Waals surface area contributed by atoms with Crippen LogP contribution in [0, 0.1) is 11.6 Å². The second kappa shape index (κ2) is 7.80. The van der Waals surface area contributed by atoms with E-state index in [9.17, 15) is 22.0 Å². The minimum Gasteiger partial charge on any atom is -0.282 e. The lowest BCUT2D eigenvalue weighted by molar-refractivity contribution is 0.142. The number of halogens is 4. The normalized spacial score (nSPS) is 16.6. The summed E-state index contributed by atoms with van der Waals surface area (Å²) in [6.07, 6.45) is 1.24. The molecule has 146 valence electrons. The number of aromatic nitrogens is 2. The van der Waals surface area contributed by atoms with Gasteiger partial charge in [0.1, 0.15) is 16.7 Å². The Morgan fingerprint density at radius 1 is 1.07 bits per heavy atom. The van der Waals surface area contributed by atoms with Crippen molar-refractivity contribution in [1.82, 2.24) is 19.0 Å². The number of rotatable bonds is 4. The van der Waals surface area contributed by atoms with E-state index in [4.69, 9.17) is 23.2 Å². The largest absolute Gasteiger partial charge is 0.288 e. The van der Waals surface area contributed by atoms with Crippen molar-refractivity contribution in [3.8, 4) is 0 Å². The fourth-order valence-corrected chi connectivity index (χ4v) is 4.51. The molecule has 7 nitrogen and oxygen atoms in total. The van der Waals surface area contributed by atoms with Crippen LogP contribution in [0.2, 0.25) is 10.0 Å². The van der Waals surface area contributed by atoms with E-state index in [2.05, 4.69) is 5.10 Å². The molecule has 12 heteroatoms. The summed E-state index contributed by atoms with van der Waals surface area (Å²) in [5, 5.41) is 3.78. The maximum Gasteiger partial charge on any atom is 0.288 e. The van der Waals surface area contributed by atoms with Gasteiger partial charge in [0, 0.05) is 26.2 Å². The van der Waals surface area contributed by atoms with E-state index < -0.39 is 32.1 Å². The zero-order valence-electron chi connectivity index (χ0n) is 13.8. The Morgan fingerprint density at radius 3 is 2.26 bits per heavy atom. The predicted octanol–water partition coefficient (Wildman–Crippen LogP) is 1.79. The Balaban J connectivity index is 1.72. The first kappa shape index (κ1) is 20.2. The van der Waals surface area contributed by atoms with E-state index in [0.29, 0.717) is 0 Å². The van der Waals surface area contributed by atoms with Gasteiger partial charge in [-0.2, -0.15) is 9.40 Å². The molecule has 1 aliphatic rings.